The van der Waals surface area contributed by atoms with E-state index in [9.17, 15) is 4.79 Å². The maximum absolute atomic E-state index is 11.3. The summed E-state index contributed by atoms with van der Waals surface area (Å²) >= 11 is 0. The van der Waals surface area contributed by atoms with Crippen LogP contribution in [0, 0.1) is 0 Å². The van der Waals surface area contributed by atoms with Gasteiger partial charge in [0, 0.05) is 16.4 Å². The first kappa shape index (κ1) is 14.6. The summed E-state index contributed by atoms with van der Waals surface area (Å²) in [5.74, 6) is 2.02. The molecule has 0 saturated carbocycles. The molecule has 5 heteroatoms. The molecule has 5 heterocycles. The second-order valence-electron chi connectivity index (χ2n) is 6.34. The SMILES string of the molecule is O=C=C1C=C2/C=c3/cc/c([nH]3)=C/C3=NC(=C\C4=NC(=C\C1N2)/C=C4)/C=C3. The molecule has 5 rings (SSSR count). The number of aromatic amines is 1. The third kappa shape index (κ3) is 2.66. The molecule has 0 fully saturated rings. The van der Waals surface area contributed by atoms with Crippen molar-refractivity contribution in [2.75, 3.05) is 0 Å². The maximum atomic E-state index is 11.3. The molecule has 26 heavy (non-hydrogen) atoms. The molecule has 1 atom stereocenters. The minimum Gasteiger partial charge on any atom is -0.374 e. The molecule has 2 N–H and O–H groups in total. The fourth-order valence-corrected chi connectivity index (χ4v) is 3.23. The number of fused-ring (bicyclic) bond motifs is 6. The molecule has 5 nitrogen and oxygen atoms in total. The van der Waals surface area contributed by atoms with Gasteiger partial charge in [0.15, 0.2) is 0 Å². The zero-order chi connectivity index (χ0) is 17.5. The first-order chi connectivity index (χ1) is 12.7. The normalized spacial score (nSPS) is 29.0. The van der Waals surface area contributed by atoms with Gasteiger partial charge in [0.25, 0.3) is 0 Å². The minimum absolute atomic E-state index is 0.237. The third-order valence-electron chi connectivity index (χ3n) is 4.43. The summed E-state index contributed by atoms with van der Waals surface area (Å²) in [4.78, 5) is 23.8. The largest absolute Gasteiger partial charge is 0.374 e. The molecule has 124 valence electrons. The number of nitrogens with one attached hydrogen (secondary N) is 2. The predicted molar refractivity (Wildman–Crippen MR) is 103 cm³/mol. The van der Waals surface area contributed by atoms with Crippen LogP contribution in [0.1, 0.15) is 0 Å². The molecular formula is C21H14N4O. The Morgan fingerprint density at radius 1 is 0.846 bits per heavy atom. The van der Waals surface area contributed by atoms with E-state index in [0.29, 0.717) is 5.57 Å². The summed E-state index contributed by atoms with van der Waals surface area (Å²) in [6, 6.07) is 3.76. The van der Waals surface area contributed by atoms with E-state index in [1.807, 2.05) is 72.8 Å². The van der Waals surface area contributed by atoms with Crippen molar-refractivity contribution in [3.63, 3.8) is 0 Å². The van der Waals surface area contributed by atoms with E-state index >= 15 is 0 Å². The van der Waals surface area contributed by atoms with E-state index in [2.05, 4.69) is 20.3 Å². The number of hydrogen-bond donors (Lipinski definition) is 2. The molecule has 0 radical (unpaired) electrons. The van der Waals surface area contributed by atoms with Crippen LogP contribution in [0.15, 0.2) is 87.3 Å². The van der Waals surface area contributed by atoms with Crippen molar-refractivity contribution in [3.05, 3.63) is 88.0 Å². The van der Waals surface area contributed by atoms with Crippen LogP contribution >= 0.6 is 0 Å². The molecule has 1 aromatic heterocycles. The van der Waals surface area contributed by atoms with Crippen LogP contribution in [0.25, 0.3) is 12.2 Å². The molecule has 8 bridgehead atoms. The summed E-state index contributed by atoms with van der Waals surface area (Å²) in [6.45, 7) is 0. The number of aromatic nitrogens is 1. The lowest BCUT2D eigenvalue weighted by atomic mass is 10.1. The van der Waals surface area contributed by atoms with Gasteiger partial charge in [-0.3, -0.25) is 0 Å². The summed E-state index contributed by atoms with van der Waals surface area (Å²) in [6.07, 6.45) is 17.5. The van der Waals surface area contributed by atoms with E-state index in [-0.39, 0.29) is 6.04 Å². The summed E-state index contributed by atoms with van der Waals surface area (Å²) in [7, 11) is 0. The van der Waals surface area contributed by atoms with Gasteiger partial charge in [-0.25, -0.2) is 14.8 Å². The van der Waals surface area contributed by atoms with Crippen molar-refractivity contribution < 1.29 is 4.79 Å². The molecule has 4 aliphatic heterocycles. The van der Waals surface area contributed by atoms with Crippen LogP contribution in [0.5, 0.6) is 0 Å². The van der Waals surface area contributed by atoms with Gasteiger partial charge >= 0.3 is 0 Å². The molecule has 4 aliphatic rings. The Morgan fingerprint density at radius 3 is 2.42 bits per heavy atom. The highest BCUT2D eigenvalue weighted by Crippen LogP contribution is 2.20. The Morgan fingerprint density at radius 2 is 1.58 bits per heavy atom. The standard InChI is InChI=1S/C21H14N4O/c26-12-13-7-20-10-18-4-3-16(23-18)8-14-1-2-15(22-14)9-17-5-6-19(24-17)11-21(13)25-20/h1-11,21,23,25H/b15-9-,16-8-,18-10-,19-11-. The molecule has 0 saturated heterocycles. The molecule has 1 unspecified atom stereocenters. The highest BCUT2D eigenvalue weighted by atomic mass is 16.1. The van der Waals surface area contributed by atoms with Crippen LogP contribution < -0.4 is 16.0 Å². The van der Waals surface area contributed by atoms with Crippen LogP contribution in [-0.2, 0) is 4.79 Å². The average Bonchev–Trinajstić information content (AvgIpc) is 3.39. The Balaban J connectivity index is 1.69. The van der Waals surface area contributed by atoms with Crippen molar-refractivity contribution in [2.24, 2.45) is 9.98 Å². The van der Waals surface area contributed by atoms with E-state index < -0.39 is 0 Å². The van der Waals surface area contributed by atoms with Crippen molar-refractivity contribution in [2.45, 2.75) is 6.04 Å². The van der Waals surface area contributed by atoms with E-state index in [4.69, 9.17) is 0 Å². The van der Waals surface area contributed by atoms with E-state index in [0.717, 1.165) is 39.2 Å². The van der Waals surface area contributed by atoms with E-state index in [1.165, 1.54) is 0 Å². The fourth-order valence-electron chi connectivity index (χ4n) is 3.23. The lowest BCUT2D eigenvalue weighted by Gasteiger charge is -2.07. The molecule has 1 aromatic rings. The summed E-state index contributed by atoms with van der Waals surface area (Å²) in [5.41, 5.74) is 4.82. The van der Waals surface area contributed by atoms with Gasteiger partial charge in [-0.15, -0.1) is 0 Å². The smallest absolute Gasteiger partial charge is 0.130 e. The highest BCUT2D eigenvalue weighted by Gasteiger charge is 2.20. The zero-order valence-electron chi connectivity index (χ0n) is 13.7. The molecular weight excluding hydrogens is 324 g/mol. The molecule has 0 amide bonds. The van der Waals surface area contributed by atoms with Gasteiger partial charge < -0.3 is 10.3 Å². The summed E-state index contributed by atoms with van der Waals surface area (Å²) in [5, 5.41) is 5.24. The summed E-state index contributed by atoms with van der Waals surface area (Å²) < 4.78 is 0. The first-order valence-electron chi connectivity index (χ1n) is 8.34. The highest BCUT2D eigenvalue weighted by molar-refractivity contribution is 6.19. The van der Waals surface area contributed by atoms with Gasteiger partial charge in [-0.05, 0) is 66.8 Å². The van der Waals surface area contributed by atoms with Crippen molar-refractivity contribution in [1.82, 2.24) is 10.3 Å². The van der Waals surface area contributed by atoms with E-state index in [1.54, 1.807) is 0 Å². The second kappa shape index (κ2) is 5.69. The number of hydrogen-bond acceptors (Lipinski definition) is 4. The number of allylic oxidation sites excluding steroid dienone is 6. The topological polar surface area (TPSA) is 69.6 Å². The Hall–Kier alpha value is -3.69. The third-order valence-corrected chi connectivity index (χ3v) is 4.43. The Bertz CT molecular complexity index is 1200. The number of carbonyl (C=O) groups excluding carboxylic acids is 1. The van der Waals surface area contributed by atoms with Gasteiger partial charge in [0.2, 0.25) is 0 Å². The Labute approximate surface area is 149 Å². The quantitative estimate of drug-likeness (QED) is 0.693. The monoisotopic (exact) mass is 338 g/mol. The van der Waals surface area contributed by atoms with Crippen LogP contribution in [0.2, 0.25) is 0 Å². The van der Waals surface area contributed by atoms with Gasteiger partial charge in [0.05, 0.1) is 34.4 Å². The maximum Gasteiger partial charge on any atom is 0.130 e. The minimum atomic E-state index is -0.237. The number of H-pyrrole nitrogens is 1. The van der Waals surface area contributed by atoms with Crippen molar-refractivity contribution >= 4 is 29.5 Å². The number of nitrogens with zero attached hydrogens (tertiary/aromatic N) is 2. The lowest BCUT2D eigenvalue weighted by molar-refractivity contribution is 0.566. The predicted octanol–water partition coefficient (Wildman–Crippen LogP) is 0.992. The molecule has 0 aromatic carbocycles. The van der Waals surface area contributed by atoms with Gasteiger partial charge in [-0.1, -0.05) is 0 Å². The van der Waals surface area contributed by atoms with Crippen LogP contribution in [0.3, 0.4) is 0 Å². The van der Waals surface area contributed by atoms with Crippen LogP contribution in [0.4, 0.5) is 0 Å². The first-order valence-corrected chi connectivity index (χ1v) is 8.34. The molecule has 0 aliphatic carbocycles. The zero-order valence-corrected chi connectivity index (χ0v) is 13.7. The van der Waals surface area contributed by atoms with Crippen molar-refractivity contribution in [1.29, 1.82) is 0 Å². The lowest BCUT2D eigenvalue weighted by Crippen LogP contribution is -2.22. The second-order valence-corrected chi connectivity index (χ2v) is 6.34. The molecule has 0 spiro atoms. The average molecular weight is 338 g/mol. The number of aliphatic imine (C=N–C) groups is 2. The van der Waals surface area contributed by atoms with Gasteiger partial charge in [0.1, 0.15) is 5.94 Å². The van der Waals surface area contributed by atoms with Crippen molar-refractivity contribution in [3.8, 4) is 0 Å². The number of rotatable bonds is 0. The van der Waals surface area contributed by atoms with Gasteiger partial charge in [-0.2, -0.15) is 0 Å². The Kier molecular flexibility index (Phi) is 3.20. The fraction of sp³-hybridized carbons (Fsp3) is 0.0476. The van der Waals surface area contributed by atoms with Crippen LogP contribution in [-0.4, -0.2) is 28.4 Å².